The Labute approximate surface area is 103 Å². The van der Waals surface area contributed by atoms with Gasteiger partial charge in [0.2, 0.25) is 0 Å². The summed E-state index contributed by atoms with van der Waals surface area (Å²) in [7, 11) is 0. The lowest BCUT2D eigenvalue weighted by Crippen LogP contribution is -2.46. The van der Waals surface area contributed by atoms with Gasteiger partial charge in [-0.15, -0.1) is 0 Å². The molecule has 1 saturated heterocycles. The van der Waals surface area contributed by atoms with E-state index in [0.717, 1.165) is 6.54 Å². The summed E-state index contributed by atoms with van der Waals surface area (Å²) < 4.78 is 10.7. The molecule has 0 bridgehead atoms. The number of morpholine rings is 1. The van der Waals surface area contributed by atoms with Crippen LogP contribution in [-0.4, -0.2) is 62.4 Å². The van der Waals surface area contributed by atoms with Crippen molar-refractivity contribution in [1.29, 1.82) is 0 Å². The van der Waals surface area contributed by atoms with Crippen LogP contribution in [0.25, 0.3) is 0 Å². The SMILES string of the molecule is CC(C)NCCOC(C)C(=O)N1CCOCC1. The molecular formula is C12H24N2O3. The van der Waals surface area contributed by atoms with E-state index in [1.165, 1.54) is 0 Å². The quantitative estimate of drug-likeness (QED) is 0.680. The molecule has 1 aliphatic rings. The van der Waals surface area contributed by atoms with E-state index in [0.29, 0.717) is 39.0 Å². The third-order valence-corrected chi connectivity index (χ3v) is 2.69. The first-order valence-corrected chi connectivity index (χ1v) is 6.32. The molecule has 0 aromatic heterocycles. The van der Waals surface area contributed by atoms with Crippen LogP contribution in [0.4, 0.5) is 0 Å². The summed E-state index contributed by atoms with van der Waals surface area (Å²) in [6.07, 6.45) is -0.359. The van der Waals surface area contributed by atoms with E-state index in [4.69, 9.17) is 9.47 Å². The molecule has 1 fully saturated rings. The third kappa shape index (κ3) is 5.48. The maximum atomic E-state index is 12.0. The highest BCUT2D eigenvalue weighted by Gasteiger charge is 2.22. The highest BCUT2D eigenvalue weighted by atomic mass is 16.5. The minimum absolute atomic E-state index is 0.0675. The monoisotopic (exact) mass is 244 g/mol. The molecule has 1 aliphatic heterocycles. The van der Waals surface area contributed by atoms with Gasteiger partial charge in [0.25, 0.3) is 5.91 Å². The summed E-state index contributed by atoms with van der Waals surface area (Å²) >= 11 is 0. The molecule has 1 atom stereocenters. The van der Waals surface area contributed by atoms with Crippen LogP contribution >= 0.6 is 0 Å². The van der Waals surface area contributed by atoms with Gasteiger partial charge in [0.15, 0.2) is 0 Å². The van der Waals surface area contributed by atoms with E-state index < -0.39 is 0 Å². The lowest BCUT2D eigenvalue weighted by Gasteiger charge is -2.29. The minimum atomic E-state index is -0.359. The fourth-order valence-corrected chi connectivity index (χ4v) is 1.70. The molecule has 0 radical (unpaired) electrons. The van der Waals surface area contributed by atoms with Crippen LogP contribution < -0.4 is 5.32 Å². The van der Waals surface area contributed by atoms with Crippen LogP contribution in [0.15, 0.2) is 0 Å². The number of rotatable bonds is 6. The van der Waals surface area contributed by atoms with Gasteiger partial charge in [-0.3, -0.25) is 4.79 Å². The van der Waals surface area contributed by atoms with E-state index in [2.05, 4.69) is 19.2 Å². The minimum Gasteiger partial charge on any atom is -0.378 e. The average Bonchev–Trinajstić information content (AvgIpc) is 2.34. The number of amides is 1. The lowest BCUT2D eigenvalue weighted by molar-refractivity contribution is -0.146. The first-order valence-electron chi connectivity index (χ1n) is 6.32. The van der Waals surface area contributed by atoms with E-state index in [9.17, 15) is 4.79 Å². The molecule has 1 heterocycles. The first kappa shape index (κ1) is 14.4. The predicted octanol–water partition coefficient (Wildman–Crippen LogP) is 0.248. The third-order valence-electron chi connectivity index (χ3n) is 2.69. The van der Waals surface area contributed by atoms with Crippen molar-refractivity contribution in [2.45, 2.75) is 32.9 Å². The van der Waals surface area contributed by atoms with E-state index in [1.807, 2.05) is 11.8 Å². The number of hydrogen-bond acceptors (Lipinski definition) is 4. The van der Waals surface area contributed by atoms with Crippen LogP contribution in [0, 0.1) is 0 Å². The van der Waals surface area contributed by atoms with Crippen molar-refractivity contribution in [2.24, 2.45) is 0 Å². The van der Waals surface area contributed by atoms with Crippen molar-refractivity contribution in [1.82, 2.24) is 10.2 Å². The van der Waals surface area contributed by atoms with Gasteiger partial charge in [-0.05, 0) is 6.92 Å². The van der Waals surface area contributed by atoms with Gasteiger partial charge in [-0.25, -0.2) is 0 Å². The Morgan fingerprint density at radius 3 is 2.59 bits per heavy atom. The molecule has 5 heteroatoms. The van der Waals surface area contributed by atoms with Crippen molar-refractivity contribution in [3.05, 3.63) is 0 Å². The zero-order valence-corrected chi connectivity index (χ0v) is 11.1. The predicted molar refractivity (Wildman–Crippen MR) is 66.0 cm³/mol. The molecule has 0 spiro atoms. The molecule has 0 aliphatic carbocycles. The largest absolute Gasteiger partial charge is 0.378 e. The molecule has 0 aromatic rings. The van der Waals surface area contributed by atoms with Gasteiger partial charge >= 0.3 is 0 Å². The summed E-state index contributed by atoms with van der Waals surface area (Å²) in [5.41, 5.74) is 0. The topological polar surface area (TPSA) is 50.8 Å². The molecular weight excluding hydrogens is 220 g/mol. The second-order valence-corrected chi connectivity index (χ2v) is 4.56. The van der Waals surface area contributed by atoms with Crippen LogP contribution in [0.3, 0.4) is 0 Å². The molecule has 5 nitrogen and oxygen atoms in total. The zero-order valence-electron chi connectivity index (χ0n) is 11.1. The fourth-order valence-electron chi connectivity index (χ4n) is 1.70. The molecule has 1 unspecified atom stereocenters. The number of carbonyl (C=O) groups is 1. The Hall–Kier alpha value is -0.650. The summed E-state index contributed by atoms with van der Waals surface area (Å²) in [6.45, 7) is 9.94. The smallest absolute Gasteiger partial charge is 0.251 e. The fraction of sp³-hybridized carbons (Fsp3) is 0.917. The summed E-state index contributed by atoms with van der Waals surface area (Å²) in [5, 5.41) is 3.25. The van der Waals surface area contributed by atoms with Crippen molar-refractivity contribution in [2.75, 3.05) is 39.5 Å². The number of nitrogens with zero attached hydrogens (tertiary/aromatic N) is 1. The Morgan fingerprint density at radius 2 is 2.00 bits per heavy atom. The second kappa shape index (κ2) is 7.63. The number of nitrogens with one attached hydrogen (secondary N) is 1. The highest BCUT2D eigenvalue weighted by molar-refractivity contribution is 5.80. The van der Waals surface area contributed by atoms with Crippen molar-refractivity contribution >= 4 is 5.91 Å². The van der Waals surface area contributed by atoms with Gasteiger partial charge in [-0.2, -0.15) is 0 Å². The van der Waals surface area contributed by atoms with E-state index in [1.54, 1.807) is 0 Å². The zero-order chi connectivity index (χ0) is 12.7. The molecule has 1 amide bonds. The molecule has 17 heavy (non-hydrogen) atoms. The second-order valence-electron chi connectivity index (χ2n) is 4.56. The van der Waals surface area contributed by atoms with Crippen molar-refractivity contribution in [3.8, 4) is 0 Å². The normalized spacial score (nSPS) is 18.5. The van der Waals surface area contributed by atoms with Crippen LogP contribution in [0.2, 0.25) is 0 Å². The Bertz CT molecular complexity index is 228. The molecule has 1 N–H and O–H groups in total. The van der Waals surface area contributed by atoms with E-state index in [-0.39, 0.29) is 12.0 Å². The Kier molecular flexibility index (Phi) is 6.47. The molecule has 0 aromatic carbocycles. The lowest BCUT2D eigenvalue weighted by atomic mass is 10.3. The number of ether oxygens (including phenoxy) is 2. The number of carbonyl (C=O) groups excluding carboxylic acids is 1. The van der Waals surface area contributed by atoms with Crippen LogP contribution in [0.1, 0.15) is 20.8 Å². The Balaban J connectivity index is 2.17. The van der Waals surface area contributed by atoms with Gasteiger partial charge < -0.3 is 19.7 Å². The standard InChI is InChI=1S/C12H24N2O3/c1-10(2)13-4-7-17-11(3)12(15)14-5-8-16-9-6-14/h10-11,13H,4-9H2,1-3H3. The van der Waals surface area contributed by atoms with E-state index >= 15 is 0 Å². The number of hydrogen-bond donors (Lipinski definition) is 1. The summed E-state index contributed by atoms with van der Waals surface area (Å²) in [4.78, 5) is 13.8. The van der Waals surface area contributed by atoms with Crippen molar-refractivity contribution < 1.29 is 14.3 Å². The maximum Gasteiger partial charge on any atom is 0.251 e. The molecule has 0 saturated carbocycles. The van der Waals surface area contributed by atoms with Crippen molar-refractivity contribution in [3.63, 3.8) is 0 Å². The average molecular weight is 244 g/mol. The summed E-state index contributed by atoms with van der Waals surface area (Å²) in [5.74, 6) is 0.0675. The Morgan fingerprint density at radius 1 is 1.35 bits per heavy atom. The van der Waals surface area contributed by atoms with Gasteiger partial charge in [0.05, 0.1) is 19.8 Å². The van der Waals surface area contributed by atoms with Gasteiger partial charge in [-0.1, -0.05) is 13.8 Å². The van der Waals surface area contributed by atoms with Crippen LogP contribution in [0.5, 0.6) is 0 Å². The van der Waals surface area contributed by atoms with Crippen LogP contribution in [-0.2, 0) is 14.3 Å². The molecule has 100 valence electrons. The van der Waals surface area contributed by atoms with Gasteiger partial charge in [0, 0.05) is 25.7 Å². The molecule has 1 rings (SSSR count). The summed E-state index contributed by atoms with van der Waals surface area (Å²) in [6, 6.07) is 0.448. The van der Waals surface area contributed by atoms with Gasteiger partial charge in [0.1, 0.15) is 6.10 Å². The highest BCUT2D eigenvalue weighted by Crippen LogP contribution is 2.03. The first-order chi connectivity index (χ1) is 8.11. The maximum absolute atomic E-state index is 12.0.